The van der Waals surface area contributed by atoms with Crippen LogP contribution in [0.3, 0.4) is 0 Å². The molecule has 0 heterocycles. The first-order valence-corrected chi connectivity index (χ1v) is 5.76. The van der Waals surface area contributed by atoms with Gasteiger partial charge in [0.1, 0.15) is 0 Å². The number of carbonyl (C=O) groups is 2. The average Bonchev–Trinajstić information content (AvgIpc) is 2.33. The fourth-order valence-corrected chi connectivity index (χ4v) is 1.06. The van der Waals surface area contributed by atoms with Crippen molar-refractivity contribution in [2.75, 3.05) is 19.6 Å². The van der Waals surface area contributed by atoms with Gasteiger partial charge in [-0.2, -0.15) is 5.26 Å². The summed E-state index contributed by atoms with van der Waals surface area (Å²) in [7, 11) is 0. The summed E-state index contributed by atoms with van der Waals surface area (Å²) in [6.07, 6.45) is 1.17. The Hall–Kier alpha value is -1.61. The van der Waals surface area contributed by atoms with E-state index in [0.29, 0.717) is 13.1 Å². The predicted molar refractivity (Wildman–Crippen MR) is 64.0 cm³/mol. The van der Waals surface area contributed by atoms with Gasteiger partial charge < -0.3 is 10.6 Å². The minimum absolute atomic E-state index is 0.0755. The lowest BCUT2D eigenvalue weighted by Gasteiger charge is -2.13. The molecule has 0 radical (unpaired) electrons. The Labute approximate surface area is 102 Å². The molecular weight excluding hydrogens is 220 g/mol. The van der Waals surface area contributed by atoms with Crippen LogP contribution in [0.15, 0.2) is 0 Å². The summed E-state index contributed by atoms with van der Waals surface area (Å²) < 4.78 is 0. The molecule has 0 spiro atoms. The molecule has 6 nitrogen and oxygen atoms in total. The molecule has 0 aromatic carbocycles. The summed E-state index contributed by atoms with van der Waals surface area (Å²) in [6, 6.07) is 1.53. The average molecular weight is 240 g/mol. The first-order valence-electron chi connectivity index (χ1n) is 5.76. The maximum atomic E-state index is 11.4. The lowest BCUT2D eigenvalue weighted by atomic mass is 10.3. The van der Waals surface area contributed by atoms with E-state index in [1.165, 1.54) is 0 Å². The van der Waals surface area contributed by atoms with Crippen molar-refractivity contribution in [2.45, 2.75) is 32.7 Å². The lowest BCUT2D eigenvalue weighted by Crippen LogP contribution is -2.46. The number of nitrogens with zero attached hydrogens (tertiary/aromatic N) is 1. The molecule has 96 valence electrons. The smallest absolute Gasteiger partial charge is 0.236 e. The van der Waals surface area contributed by atoms with Crippen LogP contribution in [0.5, 0.6) is 0 Å². The molecule has 0 fully saturated rings. The first-order chi connectivity index (χ1) is 8.11. The van der Waals surface area contributed by atoms with E-state index in [0.717, 1.165) is 6.42 Å². The Kier molecular flexibility index (Phi) is 8.69. The van der Waals surface area contributed by atoms with Crippen molar-refractivity contribution in [1.29, 1.82) is 5.26 Å². The zero-order valence-corrected chi connectivity index (χ0v) is 10.4. The van der Waals surface area contributed by atoms with Gasteiger partial charge in [-0.3, -0.25) is 14.9 Å². The van der Waals surface area contributed by atoms with E-state index < -0.39 is 6.04 Å². The molecule has 0 aromatic rings. The van der Waals surface area contributed by atoms with Gasteiger partial charge in [-0.15, -0.1) is 0 Å². The van der Waals surface area contributed by atoms with Gasteiger partial charge in [-0.05, 0) is 13.3 Å². The number of nitriles is 1. The molecule has 0 aliphatic carbocycles. The molecule has 0 bridgehead atoms. The van der Waals surface area contributed by atoms with E-state index in [1.807, 2.05) is 13.0 Å². The zero-order chi connectivity index (χ0) is 13.1. The van der Waals surface area contributed by atoms with Gasteiger partial charge in [0.2, 0.25) is 11.8 Å². The molecule has 0 saturated carbocycles. The predicted octanol–water partition coefficient (Wildman–Crippen LogP) is -0.479. The highest BCUT2D eigenvalue weighted by molar-refractivity contribution is 5.83. The van der Waals surface area contributed by atoms with Crippen molar-refractivity contribution >= 4 is 11.8 Å². The maximum absolute atomic E-state index is 11.4. The number of amides is 2. The van der Waals surface area contributed by atoms with Crippen molar-refractivity contribution in [1.82, 2.24) is 16.0 Å². The monoisotopic (exact) mass is 240 g/mol. The van der Waals surface area contributed by atoms with Gasteiger partial charge in [0.05, 0.1) is 25.1 Å². The third kappa shape index (κ3) is 8.22. The molecule has 0 aliphatic rings. The summed E-state index contributed by atoms with van der Waals surface area (Å²) in [6.45, 7) is 4.73. The Morgan fingerprint density at radius 1 is 1.29 bits per heavy atom. The van der Waals surface area contributed by atoms with Gasteiger partial charge in [-0.1, -0.05) is 6.92 Å². The second kappa shape index (κ2) is 9.60. The van der Waals surface area contributed by atoms with Crippen molar-refractivity contribution in [2.24, 2.45) is 0 Å². The minimum atomic E-state index is -0.400. The maximum Gasteiger partial charge on any atom is 0.236 e. The van der Waals surface area contributed by atoms with Crippen LogP contribution in [-0.2, 0) is 9.59 Å². The van der Waals surface area contributed by atoms with E-state index in [9.17, 15) is 9.59 Å². The van der Waals surface area contributed by atoms with Crippen LogP contribution in [0.2, 0.25) is 0 Å². The third-order valence-corrected chi connectivity index (χ3v) is 2.07. The highest BCUT2D eigenvalue weighted by Gasteiger charge is 2.12. The van der Waals surface area contributed by atoms with Crippen LogP contribution in [0, 0.1) is 11.3 Å². The molecule has 0 rings (SSSR count). The number of hydrogen-bond acceptors (Lipinski definition) is 4. The van der Waals surface area contributed by atoms with Gasteiger partial charge in [0.25, 0.3) is 0 Å². The van der Waals surface area contributed by atoms with Crippen LogP contribution in [0.25, 0.3) is 0 Å². The van der Waals surface area contributed by atoms with Crippen molar-refractivity contribution in [3.63, 3.8) is 0 Å². The van der Waals surface area contributed by atoms with Gasteiger partial charge in [0.15, 0.2) is 0 Å². The molecule has 6 heteroatoms. The summed E-state index contributed by atoms with van der Waals surface area (Å²) in [4.78, 5) is 22.7. The molecule has 0 saturated heterocycles. The van der Waals surface area contributed by atoms with Gasteiger partial charge in [0, 0.05) is 13.1 Å². The molecule has 17 heavy (non-hydrogen) atoms. The molecule has 1 atom stereocenters. The van der Waals surface area contributed by atoms with Crippen molar-refractivity contribution in [3.8, 4) is 6.07 Å². The quantitative estimate of drug-likeness (QED) is 0.499. The van der Waals surface area contributed by atoms with Crippen LogP contribution in [0.4, 0.5) is 0 Å². The summed E-state index contributed by atoms with van der Waals surface area (Å²) in [5.74, 6) is -0.327. The Morgan fingerprint density at radius 3 is 2.59 bits per heavy atom. The lowest BCUT2D eigenvalue weighted by molar-refractivity contribution is -0.123. The normalized spacial score (nSPS) is 11.4. The van der Waals surface area contributed by atoms with E-state index in [-0.39, 0.29) is 24.8 Å². The highest BCUT2D eigenvalue weighted by Crippen LogP contribution is 1.82. The SMILES string of the molecule is CCCNC(=O)C(C)NCC(=O)NCCC#N. The molecular formula is C11H20N4O2. The number of nitrogens with one attached hydrogen (secondary N) is 3. The van der Waals surface area contributed by atoms with Crippen LogP contribution >= 0.6 is 0 Å². The van der Waals surface area contributed by atoms with Gasteiger partial charge >= 0.3 is 0 Å². The Morgan fingerprint density at radius 2 is 2.00 bits per heavy atom. The van der Waals surface area contributed by atoms with E-state index >= 15 is 0 Å². The second-order valence-electron chi connectivity index (χ2n) is 3.65. The number of carbonyl (C=O) groups excluding carboxylic acids is 2. The largest absolute Gasteiger partial charge is 0.355 e. The minimum Gasteiger partial charge on any atom is -0.355 e. The fourth-order valence-electron chi connectivity index (χ4n) is 1.06. The van der Waals surface area contributed by atoms with E-state index in [2.05, 4.69) is 16.0 Å². The second-order valence-corrected chi connectivity index (χ2v) is 3.65. The van der Waals surface area contributed by atoms with Crippen LogP contribution in [0.1, 0.15) is 26.7 Å². The summed E-state index contributed by atoms with van der Waals surface area (Å²) in [5, 5.41) is 16.4. The summed E-state index contributed by atoms with van der Waals surface area (Å²) >= 11 is 0. The Bertz CT molecular complexity index is 286. The summed E-state index contributed by atoms with van der Waals surface area (Å²) in [5.41, 5.74) is 0. The first kappa shape index (κ1) is 15.4. The third-order valence-electron chi connectivity index (χ3n) is 2.07. The van der Waals surface area contributed by atoms with Crippen LogP contribution < -0.4 is 16.0 Å². The standard InChI is InChI=1S/C11H20N4O2/c1-3-6-14-11(17)9(2)15-8-10(16)13-7-4-5-12/h9,15H,3-4,6-8H2,1-2H3,(H,13,16)(H,14,17). The van der Waals surface area contributed by atoms with Crippen molar-refractivity contribution < 1.29 is 9.59 Å². The number of hydrogen-bond donors (Lipinski definition) is 3. The van der Waals surface area contributed by atoms with E-state index in [4.69, 9.17) is 5.26 Å². The van der Waals surface area contributed by atoms with Crippen LogP contribution in [-0.4, -0.2) is 37.5 Å². The topological polar surface area (TPSA) is 94.0 Å². The number of rotatable bonds is 8. The van der Waals surface area contributed by atoms with Crippen molar-refractivity contribution in [3.05, 3.63) is 0 Å². The molecule has 2 amide bonds. The highest BCUT2D eigenvalue weighted by atomic mass is 16.2. The Balaban J connectivity index is 3.68. The zero-order valence-electron chi connectivity index (χ0n) is 10.4. The fraction of sp³-hybridized carbons (Fsp3) is 0.727. The molecule has 1 unspecified atom stereocenters. The molecule has 0 aromatic heterocycles. The van der Waals surface area contributed by atoms with E-state index in [1.54, 1.807) is 6.92 Å². The molecule has 3 N–H and O–H groups in total. The van der Waals surface area contributed by atoms with Gasteiger partial charge in [-0.25, -0.2) is 0 Å². The molecule has 0 aliphatic heterocycles.